The Morgan fingerprint density at radius 2 is 1.50 bits per heavy atom. The molecule has 2 aliphatic rings. The highest BCUT2D eigenvalue weighted by Crippen LogP contribution is 2.43. The molecule has 6 nitrogen and oxygen atoms in total. The van der Waals surface area contributed by atoms with Crippen molar-refractivity contribution in [1.29, 1.82) is 0 Å². The number of halogens is 7. The number of hydrogen-bond donors (Lipinski definition) is 1. The SMILES string of the molecule is C[C@H]1CN(C(=O)OC(C)(C)C)CC[C@]1(F)c1cc(Cl)cnc1F.C[C@H]1CNCC[C@]1(F)c1cc(Cl)cnc1F.Cl. The van der Waals surface area contributed by atoms with Gasteiger partial charge >= 0.3 is 6.09 Å². The first-order valence-corrected chi connectivity index (χ1v) is 13.5. The molecule has 1 amide bonds. The summed E-state index contributed by atoms with van der Waals surface area (Å²) in [4.78, 5) is 20.5. The number of pyridine rings is 2. The average Bonchev–Trinajstić information content (AvgIpc) is 2.85. The number of amides is 1. The van der Waals surface area contributed by atoms with Crippen molar-refractivity contribution in [3.63, 3.8) is 0 Å². The fourth-order valence-corrected chi connectivity index (χ4v) is 5.14. The first-order chi connectivity index (χ1) is 18.1. The molecule has 224 valence electrons. The first kappa shape index (κ1) is 34.3. The standard InChI is InChI=1S/C16H21ClF2N2O2.C11H13ClF2N2.ClH/c1-10-9-21(14(22)23-15(2,3)4)6-5-16(10,19)12-7-11(17)8-20-13(12)18;1-7-5-15-3-2-11(7,14)9-4-8(12)6-16-10(9)13;/h7-8,10H,5-6,9H2,1-4H3;4,6-7,15H,2-3,5H2,1H3;1H/t10-,16+;7-,11+;/m00./s1. The van der Waals surface area contributed by atoms with Gasteiger partial charge in [-0.3, -0.25) is 0 Å². The third-order valence-electron chi connectivity index (χ3n) is 7.08. The Morgan fingerprint density at radius 1 is 1.00 bits per heavy atom. The molecule has 1 N–H and O–H groups in total. The second kappa shape index (κ2) is 13.4. The molecule has 0 unspecified atom stereocenters. The molecule has 13 heteroatoms. The van der Waals surface area contributed by atoms with Gasteiger partial charge in [-0.1, -0.05) is 37.0 Å². The number of alkyl halides is 2. The molecule has 2 aromatic rings. The molecule has 2 aromatic heterocycles. The number of likely N-dealkylation sites (tertiary alicyclic amines) is 1. The highest BCUT2D eigenvalue weighted by Gasteiger charge is 2.46. The molecule has 0 aliphatic carbocycles. The van der Waals surface area contributed by atoms with Crippen molar-refractivity contribution in [3.8, 4) is 0 Å². The molecule has 2 aliphatic heterocycles. The number of carbonyl (C=O) groups is 1. The number of aromatic nitrogens is 2. The van der Waals surface area contributed by atoms with E-state index in [1.807, 2.05) is 0 Å². The Bertz CT molecular complexity index is 1190. The smallest absolute Gasteiger partial charge is 0.410 e. The first-order valence-electron chi connectivity index (χ1n) is 12.8. The summed E-state index contributed by atoms with van der Waals surface area (Å²) in [7, 11) is 0. The second-order valence-corrected chi connectivity index (χ2v) is 12.0. The van der Waals surface area contributed by atoms with Gasteiger partial charge in [-0.05, 0) is 45.9 Å². The zero-order valence-electron chi connectivity index (χ0n) is 23.0. The Balaban J connectivity index is 0.000000290. The number of nitrogens with zero attached hydrogens (tertiary/aromatic N) is 3. The van der Waals surface area contributed by atoms with Crippen LogP contribution in [0.15, 0.2) is 24.5 Å². The lowest BCUT2D eigenvalue weighted by atomic mass is 9.79. The van der Waals surface area contributed by atoms with Crippen LogP contribution in [0.1, 0.15) is 58.6 Å². The Kier molecular flexibility index (Phi) is 11.5. The molecule has 0 spiro atoms. The van der Waals surface area contributed by atoms with Crippen LogP contribution in [0.2, 0.25) is 10.0 Å². The van der Waals surface area contributed by atoms with Crippen LogP contribution >= 0.6 is 35.6 Å². The second-order valence-electron chi connectivity index (χ2n) is 11.1. The van der Waals surface area contributed by atoms with E-state index in [2.05, 4.69) is 15.3 Å². The van der Waals surface area contributed by atoms with E-state index in [9.17, 15) is 18.0 Å². The summed E-state index contributed by atoms with van der Waals surface area (Å²) in [5.74, 6) is -2.54. The van der Waals surface area contributed by atoms with Crippen LogP contribution in [0.25, 0.3) is 0 Å². The fourth-order valence-electron chi connectivity index (χ4n) is 4.83. The zero-order valence-corrected chi connectivity index (χ0v) is 25.4. The summed E-state index contributed by atoms with van der Waals surface area (Å²) in [5.41, 5.74) is -4.38. The number of hydrogen-bond acceptors (Lipinski definition) is 5. The number of rotatable bonds is 2. The van der Waals surface area contributed by atoms with Gasteiger partial charge in [0.1, 0.15) is 16.9 Å². The lowest BCUT2D eigenvalue weighted by Gasteiger charge is -2.41. The Hall–Kier alpha value is -1.88. The van der Waals surface area contributed by atoms with Gasteiger partial charge in [0, 0.05) is 61.4 Å². The summed E-state index contributed by atoms with van der Waals surface area (Å²) >= 11 is 11.6. The van der Waals surface area contributed by atoms with Crippen LogP contribution in [0, 0.1) is 23.7 Å². The van der Waals surface area contributed by atoms with E-state index >= 15 is 4.39 Å². The molecular weight excluding hydrogens is 595 g/mol. The summed E-state index contributed by atoms with van der Waals surface area (Å²) in [5, 5.41) is 3.52. The van der Waals surface area contributed by atoms with Crippen LogP contribution < -0.4 is 5.32 Å². The number of ether oxygens (including phenoxy) is 1. The fraction of sp³-hybridized carbons (Fsp3) is 0.593. The van der Waals surface area contributed by atoms with Crippen molar-refractivity contribution in [3.05, 3.63) is 57.6 Å². The maximum Gasteiger partial charge on any atom is 0.410 e. The Labute approximate surface area is 248 Å². The molecule has 4 atom stereocenters. The van der Waals surface area contributed by atoms with E-state index in [-0.39, 0.29) is 65.4 Å². The van der Waals surface area contributed by atoms with Crippen LogP contribution in [0.5, 0.6) is 0 Å². The summed E-state index contributed by atoms with van der Waals surface area (Å²) in [6.07, 6.45) is 2.05. The van der Waals surface area contributed by atoms with Crippen LogP contribution in [0.3, 0.4) is 0 Å². The quantitative estimate of drug-likeness (QED) is 0.277. The van der Waals surface area contributed by atoms with E-state index < -0.39 is 40.8 Å². The topological polar surface area (TPSA) is 67.4 Å². The largest absolute Gasteiger partial charge is 0.444 e. The highest BCUT2D eigenvalue weighted by molar-refractivity contribution is 6.30. The van der Waals surface area contributed by atoms with Crippen LogP contribution in [-0.2, 0) is 16.1 Å². The average molecular weight is 630 g/mol. The van der Waals surface area contributed by atoms with Gasteiger partial charge in [-0.2, -0.15) is 8.78 Å². The van der Waals surface area contributed by atoms with Crippen molar-refractivity contribution < 1.29 is 27.1 Å². The predicted molar refractivity (Wildman–Crippen MR) is 149 cm³/mol. The van der Waals surface area contributed by atoms with E-state index in [4.69, 9.17) is 27.9 Å². The molecule has 2 saturated heterocycles. The highest BCUT2D eigenvalue weighted by atomic mass is 35.5. The van der Waals surface area contributed by atoms with Gasteiger partial charge in [0.15, 0.2) is 0 Å². The molecular formula is C27H35Cl3F4N4O2. The third kappa shape index (κ3) is 7.89. The molecule has 40 heavy (non-hydrogen) atoms. The van der Waals surface area contributed by atoms with Crippen molar-refractivity contribution in [2.45, 2.75) is 64.4 Å². The van der Waals surface area contributed by atoms with Crippen LogP contribution in [0.4, 0.5) is 22.4 Å². The molecule has 4 rings (SSSR count). The van der Waals surface area contributed by atoms with E-state index in [1.54, 1.807) is 34.6 Å². The Morgan fingerprint density at radius 3 is 1.95 bits per heavy atom. The normalized spacial score (nSPS) is 26.7. The molecule has 0 radical (unpaired) electrons. The summed E-state index contributed by atoms with van der Waals surface area (Å²) in [6, 6.07) is 2.61. The van der Waals surface area contributed by atoms with Gasteiger partial charge in [-0.25, -0.2) is 23.5 Å². The minimum absolute atomic E-state index is 0. The lowest BCUT2D eigenvalue weighted by molar-refractivity contribution is -0.0232. The van der Waals surface area contributed by atoms with Gasteiger partial charge in [-0.15, -0.1) is 12.4 Å². The van der Waals surface area contributed by atoms with Crippen molar-refractivity contribution >= 4 is 41.7 Å². The molecule has 4 heterocycles. The number of piperidine rings is 2. The maximum absolute atomic E-state index is 15.4. The molecule has 0 aromatic carbocycles. The van der Waals surface area contributed by atoms with Crippen molar-refractivity contribution in [2.24, 2.45) is 11.8 Å². The molecule has 2 fully saturated rings. The lowest BCUT2D eigenvalue weighted by Crippen LogP contribution is -2.50. The van der Waals surface area contributed by atoms with Crippen molar-refractivity contribution in [1.82, 2.24) is 20.2 Å². The van der Waals surface area contributed by atoms with Gasteiger partial charge < -0.3 is 15.0 Å². The number of carbonyl (C=O) groups excluding carboxylic acids is 1. The van der Waals surface area contributed by atoms with Gasteiger partial charge in [0.05, 0.1) is 10.0 Å². The van der Waals surface area contributed by atoms with E-state index in [1.165, 1.54) is 23.2 Å². The predicted octanol–water partition coefficient (Wildman–Crippen LogP) is 7.41. The zero-order chi connectivity index (χ0) is 29.2. The molecule has 0 bridgehead atoms. The summed E-state index contributed by atoms with van der Waals surface area (Å²) < 4.78 is 62.9. The van der Waals surface area contributed by atoms with Gasteiger partial charge in [0.2, 0.25) is 11.9 Å². The monoisotopic (exact) mass is 628 g/mol. The van der Waals surface area contributed by atoms with E-state index in [0.717, 1.165) is 6.20 Å². The van der Waals surface area contributed by atoms with Crippen molar-refractivity contribution in [2.75, 3.05) is 26.2 Å². The van der Waals surface area contributed by atoms with E-state index in [0.29, 0.717) is 13.1 Å². The van der Waals surface area contributed by atoms with Crippen LogP contribution in [-0.4, -0.2) is 52.7 Å². The van der Waals surface area contributed by atoms with Gasteiger partial charge in [0.25, 0.3) is 0 Å². The molecule has 0 saturated carbocycles. The maximum atomic E-state index is 15.4. The third-order valence-corrected chi connectivity index (χ3v) is 7.49. The summed E-state index contributed by atoms with van der Waals surface area (Å²) in [6.45, 7) is 10.0. The minimum atomic E-state index is -1.92. The minimum Gasteiger partial charge on any atom is -0.444 e. The number of nitrogens with one attached hydrogen (secondary N) is 1.